The Morgan fingerprint density at radius 2 is 1.84 bits per heavy atom. The van der Waals surface area contributed by atoms with Gasteiger partial charge in [0.1, 0.15) is 0 Å². The molecule has 0 saturated heterocycles. The lowest BCUT2D eigenvalue weighted by atomic mass is 10.3. The van der Waals surface area contributed by atoms with Crippen LogP contribution in [0.15, 0.2) is 23.6 Å². The van der Waals surface area contributed by atoms with Gasteiger partial charge >= 0.3 is 5.97 Å². The van der Waals surface area contributed by atoms with E-state index in [0.29, 0.717) is 27.3 Å². The van der Waals surface area contributed by atoms with Gasteiger partial charge in [0.15, 0.2) is 0 Å². The van der Waals surface area contributed by atoms with Crippen molar-refractivity contribution in [2.45, 2.75) is 6.54 Å². The quantitative estimate of drug-likeness (QED) is 0.771. The van der Waals surface area contributed by atoms with Crippen LogP contribution in [-0.4, -0.2) is 11.1 Å². The molecule has 1 aromatic carbocycles. The predicted octanol–water partition coefficient (Wildman–Crippen LogP) is 5.02. The predicted molar refractivity (Wildman–Crippen MR) is 80.1 cm³/mol. The van der Waals surface area contributed by atoms with Crippen molar-refractivity contribution in [3.05, 3.63) is 49.1 Å². The molecule has 0 amide bonds. The Bertz CT molecular complexity index is 627. The maximum Gasteiger partial charge on any atom is 0.336 e. The molecule has 0 aliphatic carbocycles. The van der Waals surface area contributed by atoms with E-state index < -0.39 is 5.97 Å². The zero-order valence-corrected chi connectivity index (χ0v) is 12.5. The average Bonchev–Trinajstić information content (AvgIpc) is 2.81. The van der Waals surface area contributed by atoms with E-state index in [-0.39, 0.29) is 5.56 Å². The number of hydrogen-bond donors (Lipinski definition) is 2. The van der Waals surface area contributed by atoms with Gasteiger partial charge in [-0.25, -0.2) is 4.79 Å². The molecule has 0 radical (unpaired) electrons. The monoisotopic (exact) mass is 335 g/mol. The standard InChI is InChI=1S/C12H8Cl3NO2S/c13-8-2-10(15)11(3-9(8)14)16-4-7-1-6(5-19-7)12(17)18/h1-3,5,16H,4H2,(H,17,18). The molecule has 0 atom stereocenters. The molecule has 19 heavy (non-hydrogen) atoms. The second kappa shape index (κ2) is 6.01. The van der Waals surface area contributed by atoms with E-state index in [0.717, 1.165) is 4.88 Å². The molecule has 3 nitrogen and oxygen atoms in total. The highest BCUT2D eigenvalue weighted by molar-refractivity contribution is 7.10. The van der Waals surface area contributed by atoms with E-state index in [2.05, 4.69) is 5.32 Å². The summed E-state index contributed by atoms with van der Waals surface area (Å²) in [5.41, 5.74) is 0.934. The summed E-state index contributed by atoms with van der Waals surface area (Å²) >= 11 is 19.1. The number of carbonyl (C=O) groups is 1. The normalized spacial score (nSPS) is 10.5. The molecule has 100 valence electrons. The molecular formula is C12H8Cl3NO2S. The molecule has 0 aliphatic heterocycles. The first kappa shape index (κ1) is 14.5. The fourth-order valence-electron chi connectivity index (χ4n) is 1.43. The van der Waals surface area contributed by atoms with Crippen LogP contribution in [0.3, 0.4) is 0 Å². The Hall–Kier alpha value is -0.940. The molecule has 0 unspecified atom stereocenters. The van der Waals surface area contributed by atoms with Crippen LogP contribution in [0.4, 0.5) is 5.69 Å². The summed E-state index contributed by atoms with van der Waals surface area (Å²) in [4.78, 5) is 11.6. The van der Waals surface area contributed by atoms with E-state index in [1.807, 2.05) is 0 Å². The Labute approximate surface area is 128 Å². The molecule has 2 aromatic rings. The van der Waals surface area contributed by atoms with Gasteiger partial charge in [0.2, 0.25) is 0 Å². The van der Waals surface area contributed by atoms with Crippen molar-refractivity contribution in [2.24, 2.45) is 0 Å². The summed E-state index contributed by atoms with van der Waals surface area (Å²) in [5.74, 6) is -0.935. The summed E-state index contributed by atoms with van der Waals surface area (Å²) in [6.07, 6.45) is 0. The van der Waals surface area contributed by atoms with Crippen LogP contribution in [-0.2, 0) is 6.54 Å². The fourth-order valence-corrected chi connectivity index (χ4v) is 2.84. The molecular weight excluding hydrogens is 329 g/mol. The van der Waals surface area contributed by atoms with Crippen LogP contribution >= 0.6 is 46.1 Å². The third kappa shape index (κ3) is 3.54. The molecule has 7 heteroatoms. The molecule has 0 fully saturated rings. The van der Waals surface area contributed by atoms with E-state index in [4.69, 9.17) is 39.9 Å². The second-order valence-electron chi connectivity index (χ2n) is 3.71. The number of carboxylic acid groups (broad SMARTS) is 1. The van der Waals surface area contributed by atoms with Gasteiger partial charge in [-0.2, -0.15) is 0 Å². The number of hydrogen-bond acceptors (Lipinski definition) is 3. The zero-order valence-electron chi connectivity index (χ0n) is 9.41. The summed E-state index contributed by atoms with van der Waals surface area (Å²) in [7, 11) is 0. The third-order valence-electron chi connectivity index (χ3n) is 2.36. The van der Waals surface area contributed by atoms with Gasteiger partial charge in [-0.3, -0.25) is 0 Å². The highest BCUT2D eigenvalue weighted by atomic mass is 35.5. The second-order valence-corrected chi connectivity index (χ2v) is 5.92. The summed E-state index contributed by atoms with van der Waals surface area (Å²) in [6, 6.07) is 4.81. The Balaban J connectivity index is 2.09. The van der Waals surface area contributed by atoms with Crippen LogP contribution < -0.4 is 5.32 Å². The van der Waals surface area contributed by atoms with Crippen molar-refractivity contribution < 1.29 is 9.90 Å². The van der Waals surface area contributed by atoms with Crippen LogP contribution in [0, 0.1) is 0 Å². The zero-order chi connectivity index (χ0) is 14.0. The van der Waals surface area contributed by atoms with Gasteiger partial charge in [-0.1, -0.05) is 34.8 Å². The molecule has 0 saturated carbocycles. The number of aromatic carboxylic acids is 1. The van der Waals surface area contributed by atoms with Crippen LogP contribution in [0.2, 0.25) is 15.1 Å². The third-order valence-corrected chi connectivity index (χ3v) is 4.34. The van der Waals surface area contributed by atoms with E-state index >= 15 is 0 Å². The van der Waals surface area contributed by atoms with Crippen LogP contribution in [0.5, 0.6) is 0 Å². The van der Waals surface area contributed by atoms with Gasteiger partial charge in [0.05, 0.1) is 26.3 Å². The van der Waals surface area contributed by atoms with Crippen molar-refractivity contribution >= 4 is 57.8 Å². The molecule has 1 aromatic heterocycles. The molecule has 0 bridgehead atoms. The van der Waals surface area contributed by atoms with Crippen molar-refractivity contribution in [3.63, 3.8) is 0 Å². The fraction of sp³-hybridized carbons (Fsp3) is 0.0833. The molecule has 0 aliphatic rings. The highest BCUT2D eigenvalue weighted by Crippen LogP contribution is 2.32. The first-order valence-electron chi connectivity index (χ1n) is 5.16. The Morgan fingerprint density at radius 3 is 2.47 bits per heavy atom. The SMILES string of the molecule is O=C(O)c1csc(CNc2cc(Cl)c(Cl)cc2Cl)c1. The van der Waals surface area contributed by atoms with Gasteiger partial charge in [-0.05, 0) is 18.2 Å². The van der Waals surface area contributed by atoms with E-state index in [1.165, 1.54) is 11.3 Å². The minimum absolute atomic E-state index is 0.280. The number of thiophene rings is 1. The number of rotatable bonds is 4. The molecule has 2 N–H and O–H groups in total. The van der Waals surface area contributed by atoms with Crippen molar-refractivity contribution in [1.29, 1.82) is 0 Å². The first-order valence-corrected chi connectivity index (χ1v) is 7.18. The Morgan fingerprint density at radius 1 is 1.16 bits per heavy atom. The lowest BCUT2D eigenvalue weighted by Crippen LogP contribution is -1.99. The number of benzene rings is 1. The van der Waals surface area contributed by atoms with Crippen molar-refractivity contribution in [1.82, 2.24) is 0 Å². The largest absolute Gasteiger partial charge is 0.478 e. The summed E-state index contributed by atoms with van der Waals surface area (Å²) in [5, 5.41) is 14.8. The number of carboxylic acids is 1. The molecule has 1 heterocycles. The molecule has 0 spiro atoms. The summed E-state index contributed by atoms with van der Waals surface area (Å²) in [6.45, 7) is 0.468. The van der Waals surface area contributed by atoms with Crippen LogP contribution in [0.1, 0.15) is 15.2 Å². The van der Waals surface area contributed by atoms with Crippen molar-refractivity contribution in [2.75, 3.05) is 5.32 Å². The van der Waals surface area contributed by atoms with E-state index in [9.17, 15) is 4.79 Å². The van der Waals surface area contributed by atoms with Gasteiger partial charge in [0.25, 0.3) is 0 Å². The maximum absolute atomic E-state index is 10.8. The topological polar surface area (TPSA) is 49.3 Å². The van der Waals surface area contributed by atoms with E-state index in [1.54, 1.807) is 23.6 Å². The summed E-state index contributed by atoms with van der Waals surface area (Å²) < 4.78 is 0. The highest BCUT2D eigenvalue weighted by Gasteiger charge is 2.08. The number of anilines is 1. The lowest BCUT2D eigenvalue weighted by Gasteiger charge is -2.08. The maximum atomic E-state index is 10.8. The minimum Gasteiger partial charge on any atom is -0.478 e. The smallest absolute Gasteiger partial charge is 0.336 e. The minimum atomic E-state index is -0.935. The number of nitrogens with one attached hydrogen (secondary N) is 1. The van der Waals surface area contributed by atoms with Gasteiger partial charge < -0.3 is 10.4 Å². The van der Waals surface area contributed by atoms with Gasteiger partial charge in [0, 0.05) is 16.8 Å². The number of halogens is 3. The molecule has 2 rings (SSSR count). The van der Waals surface area contributed by atoms with Crippen LogP contribution in [0.25, 0.3) is 0 Å². The van der Waals surface area contributed by atoms with Gasteiger partial charge in [-0.15, -0.1) is 11.3 Å². The Kier molecular flexibility index (Phi) is 4.58. The van der Waals surface area contributed by atoms with Crippen molar-refractivity contribution in [3.8, 4) is 0 Å². The lowest BCUT2D eigenvalue weighted by molar-refractivity contribution is 0.0697. The average molecular weight is 337 g/mol. The first-order chi connectivity index (χ1) is 8.97.